The van der Waals surface area contributed by atoms with Crippen molar-refractivity contribution in [3.63, 3.8) is 0 Å². The molecule has 0 aliphatic heterocycles. The molecule has 2 rings (SSSR count). The monoisotopic (exact) mass is 308 g/mol. The molecule has 72 valence electrons. The van der Waals surface area contributed by atoms with Gasteiger partial charge in [0.05, 0.1) is 0 Å². The molecule has 0 aliphatic carbocycles. The molecule has 0 heterocycles. The summed E-state index contributed by atoms with van der Waals surface area (Å²) in [6.45, 7) is 0. The summed E-state index contributed by atoms with van der Waals surface area (Å²) in [5, 5.41) is 0. The van der Waals surface area contributed by atoms with Gasteiger partial charge in [0.2, 0.25) is 0 Å². The van der Waals surface area contributed by atoms with Gasteiger partial charge in [-0.05, 0) is 0 Å². The van der Waals surface area contributed by atoms with E-state index in [2.05, 4.69) is 34.2 Å². The first kappa shape index (κ1) is 10.3. The average Bonchev–Trinajstić information content (AvgIpc) is 2.32. The van der Waals surface area contributed by atoms with E-state index >= 15 is 0 Å². The molecule has 0 nitrogen and oxygen atoms in total. The molecule has 2 aromatic carbocycles. The third-order valence-electron chi connectivity index (χ3n) is 1.88. The molecule has 0 radical (unpaired) electrons. The molecule has 0 fully saturated rings. The molecule has 0 unspecified atom stereocenters. The van der Waals surface area contributed by atoms with Gasteiger partial charge in [-0.3, -0.25) is 0 Å². The Morgan fingerprint density at radius 1 is 0.733 bits per heavy atom. The van der Waals surface area contributed by atoms with Gasteiger partial charge < -0.3 is 0 Å². The normalized spacial score (nSPS) is 9.07. The summed E-state index contributed by atoms with van der Waals surface area (Å²) < 4.78 is 4.69. The molecular formula is C14H10Te. The van der Waals surface area contributed by atoms with Crippen molar-refractivity contribution in [1.82, 2.24) is 0 Å². The van der Waals surface area contributed by atoms with Crippen LogP contribution in [0, 0.1) is 9.89 Å². The van der Waals surface area contributed by atoms with E-state index in [0.29, 0.717) is 0 Å². The molecule has 0 amide bonds. The zero-order valence-corrected chi connectivity index (χ0v) is 10.5. The van der Waals surface area contributed by atoms with Crippen LogP contribution in [0.25, 0.3) is 0 Å². The number of rotatable bonds is 1. The second kappa shape index (κ2) is 5.62. The van der Waals surface area contributed by atoms with Crippen LogP contribution in [0.1, 0.15) is 5.56 Å². The summed E-state index contributed by atoms with van der Waals surface area (Å²) in [5.41, 5.74) is 1.11. The molecule has 0 saturated carbocycles. The van der Waals surface area contributed by atoms with Gasteiger partial charge in [-0.1, -0.05) is 0 Å². The fraction of sp³-hybridized carbons (Fsp3) is 0. The second-order valence-electron chi connectivity index (χ2n) is 3.01. The van der Waals surface area contributed by atoms with E-state index in [0.717, 1.165) is 5.56 Å². The van der Waals surface area contributed by atoms with E-state index in [-0.39, 0.29) is 20.9 Å². The van der Waals surface area contributed by atoms with E-state index in [1.165, 1.54) is 3.61 Å². The Kier molecular flexibility index (Phi) is 3.86. The van der Waals surface area contributed by atoms with Crippen molar-refractivity contribution in [2.75, 3.05) is 0 Å². The van der Waals surface area contributed by atoms with Gasteiger partial charge in [-0.2, -0.15) is 0 Å². The summed E-state index contributed by atoms with van der Waals surface area (Å²) >= 11 is -0.338. The fourth-order valence-electron chi connectivity index (χ4n) is 1.15. The maximum atomic E-state index is 3.30. The van der Waals surface area contributed by atoms with E-state index in [4.69, 9.17) is 0 Å². The number of hydrogen-bond acceptors (Lipinski definition) is 0. The van der Waals surface area contributed by atoms with Crippen LogP contribution in [-0.2, 0) is 0 Å². The molecule has 0 aromatic heterocycles. The summed E-state index contributed by atoms with van der Waals surface area (Å²) in [7, 11) is 0. The predicted octanol–water partition coefficient (Wildman–Crippen LogP) is 2.03. The summed E-state index contributed by atoms with van der Waals surface area (Å²) in [6.07, 6.45) is 0. The maximum absolute atomic E-state index is 3.30. The van der Waals surface area contributed by atoms with Crippen molar-refractivity contribution in [3.05, 3.63) is 66.2 Å². The number of hydrogen-bond donors (Lipinski definition) is 0. The third kappa shape index (κ3) is 3.44. The Hall–Kier alpha value is -1.21. The quantitative estimate of drug-likeness (QED) is 0.559. The van der Waals surface area contributed by atoms with Gasteiger partial charge >= 0.3 is 101 Å². The first-order valence-corrected chi connectivity index (χ1v) is 7.06. The van der Waals surface area contributed by atoms with Crippen molar-refractivity contribution in [1.29, 1.82) is 0 Å². The molecule has 0 saturated heterocycles. The van der Waals surface area contributed by atoms with Crippen molar-refractivity contribution in [2.24, 2.45) is 0 Å². The zero-order valence-electron chi connectivity index (χ0n) is 8.18. The van der Waals surface area contributed by atoms with Crippen molar-refractivity contribution >= 4 is 24.5 Å². The number of benzene rings is 2. The molecule has 0 atom stereocenters. The van der Waals surface area contributed by atoms with Crippen LogP contribution >= 0.6 is 0 Å². The van der Waals surface area contributed by atoms with Crippen LogP contribution in [0.4, 0.5) is 0 Å². The molecule has 0 bridgehead atoms. The van der Waals surface area contributed by atoms with Gasteiger partial charge in [-0.25, -0.2) is 0 Å². The van der Waals surface area contributed by atoms with Crippen LogP contribution in [-0.4, -0.2) is 20.9 Å². The summed E-state index contributed by atoms with van der Waals surface area (Å²) in [4.78, 5) is 0. The van der Waals surface area contributed by atoms with Crippen molar-refractivity contribution < 1.29 is 0 Å². The molecule has 0 spiro atoms. The second-order valence-corrected chi connectivity index (χ2v) is 5.52. The summed E-state index contributed by atoms with van der Waals surface area (Å²) in [6, 6.07) is 20.6. The molecule has 0 N–H and O–H groups in total. The Morgan fingerprint density at radius 3 is 2.00 bits per heavy atom. The SMILES string of the molecule is C(#Cc1ccccc1)[Te]c1ccccc1. The van der Waals surface area contributed by atoms with Gasteiger partial charge in [0.1, 0.15) is 0 Å². The first-order valence-electron chi connectivity index (χ1n) is 4.73. The van der Waals surface area contributed by atoms with Crippen LogP contribution in [0.15, 0.2) is 60.7 Å². The first-order chi connectivity index (χ1) is 7.45. The summed E-state index contributed by atoms with van der Waals surface area (Å²) in [5.74, 6) is 3.20. The predicted molar refractivity (Wildman–Crippen MR) is 65.2 cm³/mol. The average molecular weight is 306 g/mol. The standard InChI is InChI=1S/C14H10Te/c1-3-7-13(8-4-1)11-12-15-14-9-5-2-6-10-14/h1-10H. The zero-order chi connectivity index (χ0) is 10.3. The Balaban J connectivity index is 2.03. The molecule has 2 aromatic rings. The van der Waals surface area contributed by atoms with Crippen molar-refractivity contribution in [3.8, 4) is 9.89 Å². The molecular weight excluding hydrogens is 296 g/mol. The van der Waals surface area contributed by atoms with E-state index in [1.54, 1.807) is 0 Å². The minimum absolute atomic E-state index is 0.338. The van der Waals surface area contributed by atoms with Crippen LogP contribution < -0.4 is 3.61 Å². The van der Waals surface area contributed by atoms with Gasteiger partial charge in [-0.15, -0.1) is 0 Å². The van der Waals surface area contributed by atoms with Crippen LogP contribution in [0.2, 0.25) is 0 Å². The van der Waals surface area contributed by atoms with E-state index < -0.39 is 0 Å². The molecule has 0 aliphatic rings. The fourth-order valence-corrected chi connectivity index (χ4v) is 2.81. The topological polar surface area (TPSA) is 0 Å². The molecule has 15 heavy (non-hydrogen) atoms. The Morgan fingerprint density at radius 2 is 1.33 bits per heavy atom. The van der Waals surface area contributed by atoms with Gasteiger partial charge in [0, 0.05) is 0 Å². The van der Waals surface area contributed by atoms with Crippen molar-refractivity contribution in [2.45, 2.75) is 0 Å². The van der Waals surface area contributed by atoms with Gasteiger partial charge in [0.25, 0.3) is 0 Å². The van der Waals surface area contributed by atoms with E-state index in [1.807, 2.05) is 36.4 Å². The van der Waals surface area contributed by atoms with Gasteiger partial charge in [0.15, 0.2) is 0 Å². The third-order valence-corrected chi connectivity index (χ3v) is 3.91. The van der Waals surface area contributed by atoms with Crippen LogP contribution in [0.3, 0.4) is 0 Å². The molecule has 1 heteroatoms. The Labute approximate surface area is 100 Å². The van der Waals surface area contributed by atoms with Crippen LogP contribution in [0.5, 0.6) is 0 Å². The minimum atomic E-state index is -0.338. The van der Waals surface area contributed by atoms with E-state index in [9.17, 15) is 0 Å². The Bertz CT molecular complexity index is 463.